The Balaban J connectivity index is 2.08. The predicted octanol–water partition coefficient (Wildman–Crippen LogP) is 3.15. The zero-order chi connectivity index (χ0) is 13.9. The molecule has 1 saturated heterocycles. The van der Waals surface area contributed by atoms with Crippen molar-refractivity contribution < 1.29 is 4.74 Å². The van der Waals surface area contributed by atoms with Gasteiger partial charge in [-0.25, -0.2) is 0 Å². The lowest BCUT2D eigenvalue weighted by Gasteiger charge is -2.28. The lowest BCUT2D eigenvalue weighted by molar-refractivity contribution is 0.0189. The highest BCUT2D eigenvalue weighted by Crippen LogP contribution is 2.31. The Hall–Kier alpha value is -0.320. The summed E-state index contributed by atoms with van der Waals surface area (Å²) < 4.78 is 5.76. The Labute approximate surface area is 124 Å². The van der Waals surface area contributed by atoms with Crippen LogP contribution in [0.1, 0.15) is 31.4 Å². The molecule has 2 atom stereocenters. The van der Waals surface area contributed by atoms with E-state index in [1.807, 2.05) is 18.2 Å². The summed E-state index contributed by atoms with van der Waals surface area (Å²) in [5, 5.41) is 4.72. The van der Waals surface area contributed by atoms with Gasteiger partial charge in [-0.3, -0.25) is 0 Å². The molecule has 0 aliphatic carbocycles. The minimum atomic E-state index is -0.110. The Bertz CT molecular complexity index is 413. The molecule has 1 fully saturated rings. The van der Waals surface area contributed by atoms with Crippen LogP contribution in [0.25, 0.3) is 0 Å². The first kappa shape index (κ1) is 15.1. The van der Waals surface area contributed by atoms with E-state index in [2.05, 4.69) is 12.2 Å². The van der Waals surface area contributed by atoms with Crippen molar-refractivity contribution in [1.29, 1.82) is 0 Å². The summed E-state index contributed by atoms with van der Waals surface area (Å²) in [6.45, 7) is 4.14. The van der Waals surface area contributed by atoms with Gasteiger partial charge in [0.2, 0.25) is 0 Å². The molecule has 2 unspecified atom stereocenters. The van der Waals surface area contributed by atoms with E-state index in [1.165, 1.54) is 0 Å². The molecule has 2 rings (SSSR count). The SMILES string of the molecule is CC1(CNC(CN)c2c(Cl)cccc2Cl)CCCO1. The van der Waals surface area contributed by atoms with E-state index in [-0.39, 0.29) is 11.6 Å². The minimum absolute atomic E-state index is 0.0535. The van der Waals surface area contributed by atoms with Crippen LogP contribution in [0, 0.1) is 0 Å². The maximum Gasteiger partial charge on any atom is 0.0779 e. The fraction of sp³-hybridized carbons (Fsp3) is 0.571. The number of hydrogen-bond acceptors (Lipinski definition) is 3. The van der Waals surface area contributed by atoms with Crippen molar-refractivity contribution in [2.45, 2.75) is 31.4 Å². The van der Waals surface area contributed by atoms with Gasteiger partial charge in [-0.05, 0) is 31.9 Å². The molecule has 0 spiro atoms. The Morgan fingerprint density at radius 2 is 2.11 bits per heavy atom. The largest absolute Gasteiger partial charge is 0.374 e. The van der Waals surface area contributed by atoms with Crippen LogP contribution < -0.4 is 11.1 Å². The molecule has 3 nitrogen and oxygen atoms in total. The van der Waals surface area contributed by atoms with E-state index < -0.39 is 0 Å². The molecule has 0 bridgehead atoms. The second-order valence-corrected chi connectivity index (χ2v) is 6.02. The van der Waals surface area contributed by atoms with Gasteiger partial charge in [0.05, 0.1) is 5.60 Å². The topological polar surface area (TPSA) is 47.3 Å². The van der Waals surface area contributed by atoms with Gasteiger partial charge in [-0.15, -0.1) is 0 Å². The molecular formula is C14H20Cl2N2O. The molecule has 5 heteroatoms. The summed E-state index contributed by atoms with van der Waals surface area (Å²) in [5.74, 6) is 0. The van der Waals surface area contributed by atoms with Gasteiger partial charge in [0, 0.05) is 41.3 Å². The smallest absolute Gasteiger partial charge is 0.0779 e. The highest BCUT2D eigenvalue weighted by molar-refractivity contribution is 6.36. The van der Waals surface area contributed by atoms with Crippen molar-refractivity contribution >= 4 is 23.2 Å². The van der Waals surface area contributed by atoms with Gasteiger partial charge >= 0.3 is 0 Å². The molecule has 1 heterocycles. The first-order chi connectivity index (χ1) is 9.06. The second kappa shape index (κ2) is 6.42. The van der Waals surface area contributed by atoms with Crippen LogP contribution in [-0.2, 0) is 4.74 Å². The highest BCUT2D eigenvalue weighted by atomic mass is 35.5. The van der Waals surface area contributed by atoms with Crippen LogP contribution in [0.4, 0.5) is 0 Å². The van der Waals surface area contributed by atoms with Crippen molar-refractivity contribution in [2.75, 3.05) is 19.7 Å². The van der Waals surface area contributed by atoms with E-state index in [9.17, 15) is 0 Å². The van der Waals surface area contributed by atoms with Gasteiger partial charge in [-0.1, -0.05) is 29.3 Å². The highest BCUT2D eigenvalue weighted by Gasteiger charge is 2.30. The van der Waals surface area contributed by atoms with Gasteiger partial charge in [0.1, 0.15) is 0 Å². The number of nitrogens with two attached hydrogens (primary N) is 1. The van der Waals surface area contributed by atoms with Crippen LogP contribution in [0.5, 0.6) is 0 Å². The van der Waals surface area contributed by atoms with E-state index in [1.54, 1.807) is 0 Å². The van der Waals surface area contributed by atoms with Crippen molar-refractivity contribution in [1.82, 2.24) is 5.32 Å². The monoisotopic (exact) mass is 302 g/mol. The minimum Gasteiger partial charge on any atom is -0.374 e. The number of halogens is 2. The predicted molar refractivity (Wildman–Crippen MR) is 79.9 cm³/mol. The summed E-state index contributed by atoms with van der Waals surface area (Å²) in [7, 11) is 0. The summed E-state index contributed by atoms with van der Waals surface area (Å²) >= 11 is 12.4. The van der Waals surface area contributed by atoms with E-state index in [0.29, 0.717) is 16.6 Å². The van der Waals surface area contributed by atoms with Crippen LogP contribution in [0.2, 0.25) is 10.0 Å². The molecule has 106 valence electrons. The van der Waals surface area contributed by atoms with Crippen LogP contribution in [0.15, 0.2) is 18.2 Å². The molecule has 0 aromatic heterocycles. The molecule has 0 saturated carbocycles. The van der Waals surface area contributed by atoms with Gasteiger partial charge in [0.25, 0.3) is 0 Å². The maximum atomic E-state index is 6.22. The second-order valence-electron chi connectivity index (χ2n) is 5.21. The number of ether oxygens (including phenoxy) is 1. The Morgan fingerprint density at radius 1 is 1.42 bits per heavy atom. The molecule has 1 aliphatic heterocycles. The lowest BCUT2D eigenvalue weighted by Crippen LogP contribution is -2.41. The Morgan fingerprint density at radius 3 is 2.63 bits per heavy atom. The van der Waals surface area contributed by atoms with Crippen molar-refractivity contribution in [3.63, 3.8) is 0 Å². The lowest BCUT2D eigenvalue weighted by atomic mass is 10.0. The molecule has 1 aromatic carbocycles. The first-order valence-electron chi connectivity index (χ1n) is 6.57. The van der Waals surface area contributed by atoms with Gasteiger partial charge in [0.15, 0.2) is 0 Å². The number of nitrogens with one attached hydrogen (secondary N) is 1. The third kappa shape index (κ3) is 3.61. The van der Waals surface area contributed by atoms with Gasteiger partial charge in [-0.2, -0.15) is 0 Å². The fourth-order valence-corrected chi connectivity index (χ4v) is 3.12. The number of rotatable bonds is 5. The molecule has 1 aromatic rings. The third-order valence-corrected chi connectivity index (χ3v) is 4.27. The van der Waals surface area contributed by atoms with Gasteiger partial charge < -0.3 is 15.8 Å². The molecule has 0 amide bonds. The average Bonchev–Trinajstić information content (AvgIpc) is 2.80. The normalized spacial score (nSPS) is 24.6. The van der Waals surface area contributed by atoms with Crippen LogP contribution in [0.3, 0.4) is 0 Å². The number of hydrogen-bond donors (Lipinski definition) is 2. The fourth-order valence-electron chi connectivity index (χ4n) is 2.46. The van der Waals surface area contributed by atoms with E-state index >= 15 is 0 Å². The molecule has 1 aliphatic rings. The first-order valence-corrected chi connectivity index (χ1v) is 7.33. The molecular weight excluding hydrogens is 283 g/mol. The Kier molecular flexibility index (Phi) is 5.09. The van der Waals surface area contributed by atoms with Crippen molar-refractivity contribution in [2.24, 2.45) is 5.73 Å². The zero-order valence-corrected chi connectivity index (χ0v) is 12.6. The maximum absolute atomic E-state index is 6.22. The zero-order valence-electron chi connectivity index (χ0n) is 11.1. The van der Waals surface area contributed by atoms with E-state index in [0.717, 1.165) is 31.6 Å². The summed E-state index contributed by atoms with van der Waals surface area (Å²) in [4.78, 5) is 0. The molecule has 0 radical (unpaired) electrons. The standard InChI is InChI=1S/C14H20Cl2N2O/c1-14(6-3-7-19-14)9-18-12(8-17)13-10(15)4-2-5-11(13)16/h2,4-5,12,18H,3,6-9,17H2,1H3. The molecule has 19 heavy (non-hydrogen) atoms. The third-order valence-electron chi connectivity index (χ3n) is 3.61. The van der Waals surface area contributed by atoms with Crippen molar-refractivity contribution in [3.05, 3.63) is 33.8 Å². The summed E-state index contributed by atoms with van der Waals surface area (Å²) in [6, 6.07) is 5.45. The summed E-state index contributed by atoms with van der Waals surface area (Å²) in [5.41, 5.74) is 6.61. The van der Waals surface area contributed by atoms with Crippen molar-refractivity contribution in [3.8, 4) is 0 Å². The van der Waals surface area contributed by atoms with E-state index in [4.69, 9.17) is 33.7 Å². The molecule has 3 N–H and O–H groups in total. The average molecular weight is 303 g/mol. The summed E-state index contributed by atoms with van der Waals surface area (Å²) in [6.07, 6.45) is 2.17. The van der Waals surface area contributed by atoms with Crippen LogP contribution >= 0.6 is 23.2 Å². The number of benzene rings is 1. The quantitative estimate of drug-likeness (QED) is 0.878. The van der Waals surface area contributed by atoms with Crippen LogP contribution in [-0.4, -0.2) is 25.3 Å².